The van der Waals surface area contributed by atoms with Crippen molar-refractivity contribution in [1.29, 1.82) is 0 Å². The van der Waals surface area contributed by atoms with Crippen molar-refractivity contribution in [2.75, 3.05) is 0 Å². The van der Waals surface area contributed by atoms with Crippen LogP contribution in [-0.4, -0.2) is 9.97 Å². The van der Waals surface area contributed by atoms with Crippen molar-refractivity contribution in [2.45, 2.75) is 0 Å². The molecular formula is C7H4BrFN2. The Morgan fingerprint density at radius 3 is 3.00 bits per heavy atom. The van der Waals surface area contributed by atoms with Crippen molar-refractivity contribution in [3.05, 3.63) is 28.9 Å². The monoisotopic (exact) mass is 214 g/mol. The van der Waals surface area contributed by atoms with E-state index in [0.29, 0.717) is 10.9 Å². The second-order valence-corrected chi connectivity index (χ2v) is 3.03. The number of pyridine rings is 1. The predicted octanol–water partition coefficient (Wildman–Crippen LogP) is 2.46. The molecule has 0 aliphatic rings. The Balaban J connectivity index is 2.96. The first kappa shape index (κ1) is 6.79. The highest BCUT2D eigenvalue weighted by Gasteiger charge is 2.05. The predicted molar refractivity (Wildman–Crippen MR) is 43.8 cm³/mol. The minimum atomic E-state index is -0.310. The fourth-order valence-electron chi connectivity index (χ4n) is 1.00. The van der Waals surface area contributed by atoms with Crippen LogP contribution < -0.4 is 0 Å². The standard InChI is InChI=1S/C7H4BrFN2/c8-4-1-11-6-3-10-2-5(9)7(4)6/h1-3,11H. The molecular weight excluding hydrogens is 211 g/mol. The first-order valence-electron chi connectivity index (χ1n) is 3.05. The van der Waals surface area contributed by atoms with Gasteiger partial charge >= 0.3 is 0 Å². The zero-order valence-electron chi connectivity index (χ0n) is 5.44. The zero-order chi connectivity index (χ0) is 7.84. The molecule has 1 N–H and O–H groups in total. The quantitative estimate of drug-likeness (QED) is 0.718. The molecule has 0 aromatic carbocycles. The molecule has 56 valence electrons. The molecule has 0 bridgehead atoms. The minimum Gasteiger partial charge on any atom is -0.359 e. The van der Waals surface area contributed by atoms with Gasteiger partial charge in [-0.1, -0.05) is 0 Å². The maximum atomic E-state index is 13.0. The first-order chi connectivity index (χ1) is 5.29. The molecule has 0 saturated carbocycles. The molecule has 0 fully saturated rings. The molecule has 0 aliphatic carbocycles. The maximum Gasteiger partial charge on any atom is 0.151 e. The summed E-state index contributed by atoms with van der Waals surface area (Å²) in [6.45, 7) is 0. The summed E-state index contributed by atoms with van der Waals surface area (Å²) in [5.74, 6) is -0.310. The number of halogens is 2. The van der Waals surface area contributed by atoms with Gasteiger partial charge < -0.3 is 4.98 Å². The van der Waals surface area contributed by atoms with Gasteiger partial charge in [0.25, 0.3) is 0 Å². The molecule has 2 heterocycles. The van der Waals surface area contributed by atoms with Crippen molar-refractivity contribution in [1.82, 2.24) is 9.97 Å². The van der Waals surface area contributed by atoms with E-state index >= 15 is 0 Å². The summed E-state index contributed by atoms with van der Waals surface area (Å²) in [6, 6.07) is 0. The Labute approximate surface area is 70.6 Å². The van der Waals surface area contributed by atoms with Crippen LogP contribution in [0.2, 0.25) is 0 Å². The summed E-state index contributed by atoms with van der Waals surface area (Å²) in [6.07, 6.45) is 4.47. The average molecular weight is 215 g/mol. The van der Waals surface area contributed by atoms with E-state index in [0.717, 1.165) is 4.47 Å². The van der Waals surface area contributed by atoms with E-state index in [1.54, 1.807) is 12.4 Å². The number of H-pyrrole nitrogens is 1. The number of aromatic amines is 1. The Morgan fingerprint density at radius 1 is 1.45 bits per heavy atom. The molecule has 2 aromatic heterocycles. The van der Waals surface area contributed by atoms with Crippen molar-refractivity contribution in [2.24, 2.45) is 0 Å². The second-order valence-electron chi connectivity index (χ2n) is 2.18. The summed E-state index contributed by atoms with van der Waals surface area (Å²) in [5.41, 5.74) is 0.705. The van der Waals surface area contributed by atoms with Crippen molar-refractivity contribution < 1.29 is 4.39 Å². The number of nitrogens with zero attached hydrogens (tertiary/aromatic N) is 1. The van der Waals surface area contributed by atoms with Crippen molar-refractivity contribution in [3.63, 3.8) is 0 Å². The maximum absolute atomic E-state index is 13.0. The zero-order valence-corrected chi connectivity index (χ0v) is 7.02. The third kappa shape index (κ3) is 0.939. The van der Waals surface area contributed by atoms with E-state index < -0.39 is 0 Å². The van der Waals surface area contributed by atoms with Crippen LogP contribution in [0.25, 0.3) is 10.9 Å². The van der Waals surface area contributed by atoms with Crippen molar-refractivity contribution >= 4 is 26.8 Å². The number of hydrogen-bond acceptors (Lipinski definition) is 1. The largest absolute Gasteiger partial charge is 0.359 e. The number of fused-ring (bicyclic) bond motifs is 1. The normalized spacial score (nSPS) is 10.7. The van der Waals surface area contributed by atoms with Crippen LogP contribution >= 0.6 is 15.9 Å². The Hall–Kier alpha value is -0.900. The van der Waals surface area contributed by atoms with Gasteiger partial charge in [0.15, 0.2) is 5.82 Å². The molecule has 0 atom stereocenters. The third-order valence-corrected chi connectivity index (χ3v) is 2.12. The SMILES string of the molecule is Fc1cncc2[nH]cc(Br)c12. The van der Waals surface area contributed by atoms with Crippen LogP contribution in [0, 0.1) is 5.82 Å². The molecule has 0 aliphatic heterocycles. The molecule has 0 saturated heterocycles. The van der Waals surface area contributed by atoms with Gasteiger partial charge in [0, 0.05) is 10.7 Å². The fourth-order valence-corrected chi connectivity index (χ4v) is 1.52. The topological polar surface area (TPSA) is 28.7 Å². The highest BCUT2D eigenvalue weighted by Crippen LogP contribution is 2.24. The van der Waals surface area contributed by atoms with E-state index in [9.17, 15) is 4.39 Å². The summed E-state index contributed by atoms with van der Waals surface area (Å²) in [5, 5.41) is 0.556. The number of nitrogens with one attached hydrogen (secondary N) is 1. The first-order valence-corrected chi connectivity index (χ1v) is 3.84. The van der Waals surface area contributed by atoms with Crippen molar-refractivity contribution in [3.8, 4) is 0 Å². The van der Waals surface area contributed by atoms with E-state index in [-0.39, 0.29) is 5.82 Å². The Kier molecular flexibility index (Phi) is 1.42. The highest BCUT2D eigenvalue weighted by atomic mass is 79.9. The van der Waals surface area contributed by atoms with Gasteiger partial charge in [0.2, 0.25) is 0 Å². The molecule has 4 heteroatoms. The lowest BCUT2D eigenvalue weighted by Gasteiger charge is -1.90. The van der Waals surface area contributed by atoms with Gasteiger partial charge in [-0.05, 0) is 15.9 Å². The molecule has 0 spiro atoms. The number of rotatable bonds is 0. The van der Waals surface area contributed by atoms with E-state index in [4.69, 9.17) is 0 Å². The third-order valence-electron chi connectivity index (χ3n) is 1.49. The summed E-state index contributed by atoms with van der Waals surface area (Å²) in [7, 11) is 0. The number of hydrogen-bond donors (Lipinski definition) is 1. The molecule has 0 radical (unpaired) electrons. The summed E-state index contributed by atoms with van der Waals surface area (Å²) >= 11 is 3.22. The molecule has 11 heavy (non-hydrogen) atoms. The Morgan fingerprint density at radius 2 is 2.27 bits per heavy atom. The lowest BCUT2D eigenvalue weighted by molar-refractivity contribution is 0.634. The van der Waals surface area contributed by atoms with Gasteiger partial charge in [0.05, 0.1) is 23.3 Å². The van der Waals surface area contributed by atoms with Crippen LogP contribution in [0.5, 0.6) is 0 Å². The van der Waals surface area contributed by atoms with Gasteiger partial charge in [0.1, 0.15) is 0 Å². The van der Waals surface area contributed by atoms with Gasteiger partial charge in [-0.15, -0.1) is 0 Å². The van der Waals surface area contributed by atoms with E-state index in [1.807, 2.05) is 0 Å². The van der Waals surface area contributed by atoms with Crippen LogP contribution in [0.4, 0.5) is 4.39 Å². The molecule has 0 amide bonds. The van der Waals surface area contributed by atoms with E-state index in [1.165, 1.54) is 6.20 Å². The summed E-state index contributed by atoms with van der Waals surface area (Å²) < 4.78 is 13.7. The number of aromatic nitrogens is 2. The molecule has 0 unspecified atom stereocenters. The Bertz CT molecular complexity index is 396. The molecule has 2 rings (SSSR count). The van der Waals surface area contributed by atoms with Crippen LogP contribution in [0.15, 0.2) is 23.1 Å². The van der Waals surface area contributed by atoms with Gasteiger partial charge in [-0.2, -0.15) is 0 Å². The van der Waals surface area contributed by atoms with E-state index in [2.05, 4.69) is 25.9 Å². The summed E-state index contributed by atoms with van der Waals surface area (Å²) in [4.78, 5) is 6.58. The van der Waals surface area contributed by atoms with Crippen LogP contribution in [-0.2, 0) is 0 Å². The molecule has 2 aromatic rings. The minimum absolute atomic E-state index is 0.310. The van der Waals surface area contributed by atoms with Gasteiger partial charge in [-0.3, -0.25) is 4.98 Å². The average Bonchev–Trinajstić information content (AvgIpc) is 2.34. The smallest absolute Gasteiger partial charge is 0.151 e. The van der Waals surface area contributed by atoms with Gasteiger partial charge in [-0.25, -0.2) is 4.39 Å². The lowest BCUT2D eigenvalue weighted by Crippen LogP contribution is -1.78. The highest BCUT2D eigenvalue weighted by molar-refractivity contribution is 9.10. The fraction of sp³-hybridized carbons (Fsp3) is 0. The second kappa shape index (κ2) is 2.30. The lowest BCUT2D eigenvalue weighted by atomic mass is 10.3. The van der Waals surface area contributed by atoms with Crippen LogP contribution in [0.1, 0.15) is 0 Å². The van der Waals surface area contributed by atoms with Crippen LogP contribution in [0.3, 0.4) is 0 Å². The molecule has 2 nitrogen and oxygen atoms in total.